The van der Waals surface area contributed by atoms with Gasteiger partial charge in [0.15, 0.2) is 6.61 Å². The molecule has 1 N–H and O–H groups in total. The third-order valence-corrected chi connectivity index (χ3v) is 6.46. The molecule has 3 rings (SSSR count). The standard InChI is InChI=1S/C27H36N2O3/c1-19-10-8-12-23(16-19)17-29(22(4)27(31)28-24-13-6-5-7-14-24)26(30)18-32-25-15-9-11-20(2)21(25)3/h8-12,15-16,22,24H,5-7,13-14,17-18H2,1-4H3,(H,28,31)/t22-/m1/s1. The summed E-state index contributed by atoms with van der Waals surface area (Å²) in [7, 11) is 0. The Labute approximate surface area is 192 Å². The molecule has 2 aromatic rings. The van der Waals surface area contributed by atoms with Gasteiger partial charge in [-0.1, -0.05) is 61.2 Å². The Bertz CT molecular complexity index is 934. The van der Waals surface area contributed by atoms with Crippen LogP contribution in [0.2, 0.25) is 0 Å². The number of rotatable bonds is 8. The second-order valence-corrected chi connectivity index (χ2v) is 9.02. The zero-order valence-electron chi connectivity index (χ0n) is 19.8. The molecule has 2 amide bonds. The molecule has 0 spiro atoms. The molecule has 1 fully saturated rings. The Kier molecular flexibility index (Phi) is 8.32. The van der Waals surface area contributed by atoms with Gasteiger partial charge in [0, 0.05) is 12.6 Å². The summed E-state index contributed by atoms with van der Waals surface area (Å²) in [5.74, 6) is 0.413. The predicted octanol–water partition coefficient (Wildman–Crippen LogP) is 4.86. The van der Waals surface area contributed by atoms with E-state index in [9.17, 15) is 9.59 Å². The van der Waals surface area contributed by atoms with Crippen LogP contribution in [0.4, 0.5) is 0 Å². The van der Waals surface area contributed by atoms with Crippen molar-refractivity contribution >= 4 is 11.8 Å². The van der Waals surface area contributed by atoms with Crippen molar-refractivity contribution in [3.63, 3.8) is 0 Å². The molecule has 5 nitrogen and oxygen atoms in total. The Balaban J connectivity index is 1.73. The number of aryl methyl sites for hydroxylation is 2. The molecule has 172 valence electrons. The van der Waals surface area contributed by atoms with E-state index in [1.807, 2.05) is 64.1 Å². The lowest BCUT2D eigenvalue weighted by Crippen LogP contribution is -2.51. The third kappa shape index (κ3) is 6.35. The highest BCUT2D eigenvalue weighted by Gasteiger charge is 2.28. The molecule has 0 heterocycles. The van der Waals surface area contributed by atoms with E-state index in [2.05, 4.69) is 11.4 Å². The van der Waals surface area contributed by atoms with E-state index in [1.54, 1.807) is 4.90 Å². The van der Waals surface area contributed by atoms with Crippen molar-refractivity contribution in [1.82, 2.24) is 10.2 Å². The van der Waals surface area contributed by atoms with E-state index in [-0.39, 0.29) is 24.5 Å². The van der Waals surface area contributed by atoms with Crippen molar-refractivity contribution in [2.75, 3.05) is 6.61 Å². The van der Waals surface area contributed by atoms with Crippen LogP contribution in [0, 0.1) is 20.8 Å². The van der Waals surface area contributed by atoms with Crippen LogP contribution in [-0.4, -0.2) is 35.4 Å². The Morgan fingerprint density at radius 3 is 2.50 bits per heavy atom. The molecule has 1 aliphatic carbocycles. The summed E-state index contributed by atoms with van der Waals surface area (Å²) in [6.07, 6.45) is 5.56. The summed E-state index contributed by atoms with van der Waals surface area (Å²) in [6, 6.07) is 13.5. The predicted molar refractivity (Wildman–Crippen MR) is 128 cm³/mol. The minimum absolute atomic E-state index is 0.0929. The number of carbonyl (C=O) groups is 2. The Hall–Kier alpha value is -2.82. The van der Waals surface area contributed by atoms with Crippen LogP contribution in [0.1, 0.15) is 61.3 Å². The van der Waals surface area contributed by atoms with E-state index in [1.165, 1.54) is 6.42 Å². The molecular weight excluding hydrogens is 400 g/mol. The van der Waals surface area contributed by atoms with Gasteiger partial charge in [-0.3, -0.25) is 9.59 Å². The van der Waals surface area contributed by atoms with Crippen LogP contribution >= 0.6 is 0 Å². The average Bonchev–Trinajstić information content (AvgIpc) is 2.78. The van der Waals surface area contributed by atoms with E-state index in [0.29, 0.717) is 12.3 Å². The van der Waals surface area contributed by atoms with Gasteiger partial charge in [-0.05, 0) is 63.3 Å². The fourth-order valence-corrected chi connectivity index (χ4v) is 4.26. The second-order valence-electron chi connectivity index (χ2n) is 9.02. The van der Waals surface area contributed by atoms with E-state index >= 15 is 0 Å². The van der Waals surface area contributed by atoms with Gasteiger partial charge >= 0.3 is 0 Å². The molecule has 32 heavy (non-hydrogen) atoms. The summed E-state index contributed by atoms with van der Waals surface area (Å²) in [5.41, 5.74) is 4.27. The number of amides is 2. The summed E-state index contributed by atoms with van der Waals surface area (Å²) in [4.78, 5) is 27.9. The van der Waals surface area contributed by atoms with Gasteiger partial charge in [0.25, 0.3) is 5.91 Å². The highest BCUT2D eigenvalue weighted by molar-refractivity contribution is 5.88. The average molecular weight is 437 g/mol. The molecule has 0 aromatic heterocycles. The van der Waals surface area contributed by atoms with Gasteiger partial charge in [-0.15, -0.1) is 0 Å². The Morgan fingerprint density at radius 2 is 1.78 bits per heavy atom. The number of hydrogen-bond donors (Lipinski definition) is 1. The maximum atomic E-state index is 13.3. The number of carbonyl (C=O) groups excluding carboxylic acids is 2. The second kappa shape index (κ2) is 11.2. The largest absolute Gasteiger partial charge is 0.483 e. The molecule has 1 atom stereocenters. The number of hydrogen-bond acceptors (Lipinski definition) is 3. The lowest BCUT2D eigenvalue weighted by atomic mass is 9.95. The fourth-order valence-electron chi connectivity index (χ4n) is 4.26. The van der Waals surface area contributed by atoms with E-state index in [0.717, 1.165) is 47.9 Å². The first-order valence-electron chi connectivity index (χ1n) is 11.7. The summed E-state index contributed by atoms with van der Waals surface area (Å²) >= 11 is 0. The summed E-state index contributed by atoms with van der Waals surface area (Å²) in [6.45, 7) is 8.11. The molecule has 0 aliphatic heterocycles. The van der Waals surface area contributed by atoms with Crippen molar-refractivity contribution in [3.8, 4) is 5.75 Å². The molecule has 0 unspecified atom stereocenters. The van der Waals surface area contributed by atoms with Crippen LogP contribution in [-0.2, 0) is 16.1 Å². The smallest absolute Gasteiger partial charge is 0.261 e. The number of ether oxygens (including phenoxy) is 1. The highest BCUT2D eigenvalue weighted by Crippen LogP contribution is 2.21. The number of benzene rings is 2. The number of nitrogens with one attached hydrogen (secondary N) is 1. The first kappa shape index (κ1) is 23.8. The zero-order valence-corrected chi connectivity index (χ0v) is 19.8. The van der Waals surface area contributed by atoms with E-state index < -0.39 is 6.04 Å². The molecule has 0 saturated heterocycles. The first-order valence-corrected chi connectivity index (χ1v) is 11.7. The minimum atomic E-state index is -0.577. The summed E-state index contributed by atoms with van der Waals surface area (Å²) < 4.78 is 5.88. The molecule has 2 aromatic carbocycles. The SMILES string of the molecule is Cc1cccc(CN(C(=O)COc2cccc(C)c2C)[C@H](C)C(=O)NC2CCCCC2)c1. The first-order chi connectivity index (χ1) is 15.3. The highest BCUT2D eigenvalue weighted by atomic mass is 16.5. The van der Waals surface area contributed by atoms with Gasteiger partial charge in [0.2, 0.25) is 5.91 Å². The van der Waals surface area contributed by atoms with Crippen molar-refractivity contribution < 1.29 is 14.3 Å². The molecular formula is C27H36N2O3. The van der Waals surface area contributed by atoms with Crippen LogP contribution in [0.3, 0.4) is 0 Å². The van der Waals surface area contributed by atoms with Crippen LogP contribution in [0.25, 0.3) is 0 Å². The molecule has 1 saturated carbocycles. The number of nitrogens with zero attached hydrogens (tertiary/aromatic N) is 1. The quantitative estimate of drug-likeness (QED) is 0.643. The van der Waals surface area contributed by atoms with Gasteiger partial charge < -0.3 is 15.0 Å². The molecule has 0 radical (unpaired) electrons. The lowest BCUT2D eigenvalue weighted by molar-refractivity contribution is -0.142. The van der Waals surface area contributed by atoms with Gasteiger partial charge in [0.1, 0.15) is 11.8 Å². The maximum absolute atomic E-state index is 13.3. The van der Waals surface area contributed by atoms with Crippen LogP contribution < -0.4 is 10.1 Å². The maximum Gasteiger partial charge on any atom is 0.261 e. The third-order valence-electron chi connectivity index (χ3n) is 6.46. The Morgan fingerprint density at radius 1 is 1.06 bits per heavy atom. The lowest BCUT2D eigenvalue weighted by Gasteiger charge is -2.31. The van der Waals surface area contributed by atoms with Crippen LogP contribution in [0.5, 0.6) is 5.75 Å². The molecule has 0 bridgehead atoms. The zero-order chi connectivity index (χ0) is 23.1. The van der Waals surface area contributed by atoms with Gasteiger partial charge in [0.05, 0.1) is 0 Å². The minimum Gasteiger partial charge on any atom is -0.483 e. The van der Waals surface area contributed by atoms with Crippen molar-refractivity contribution in [1.29, 1.82) is 0 Å². The molecule has 5 heteroatoms. The summed E-state index contributed by atoms with van der Waals surface area (Å²) in [5, 5.41) is 3.17. The van der Waals surface area contributed by atoms with Gasteiger partial charge in [-0.2, -0.15) is 0 Å². The van der Waals surface area contributed by atoms with E-state index in [4.69, 9.17) is 4.74 Å². The van der Waals surface area contributed by atoms with Crippen molar-refractivity contribution in [2.24, 2.45) is 0 Å². The van der Waals surface area contributed by atoms with Crippen molar-refractivity contribution in [3.05, 3.63) is 64.7 Å². The van der Waals surface area contributed by atoms with Gasteiger partial charge in [-0.25, -0.2) is 0 Å². The topological polar surface area (TPSA) is 58.6 Å². The van der Waals surface area contributed by atoms with Crippen molar-refractivity contribution in [2.45, 2.75) is 78.4 Å². The normalized spacial score (nSPS) is 15.1. The molecule has 1 aliphatic rings. The monoisotopic (exact) mass is 436 g/mol. The fraction of sp³-hybridized carbons (Fsp3) is 0.481. The van der Waals surface area contributed by atoms with Crippen LogP contribution in [0.15, 0.2) is 42.5 Å².